The van der Waals surface area contributed by atoms with Crippen molar-refractivity contribution in [1.29, 1.82) is 0 Å². The van der Waals surface area contributed by atoms with Crippen LogP contribution in [0.3, 0.4) is 0 Å². The maximum absolute atomic E-state index is 5.68. The van der Waals surface area contributed by atoms with Crippen LogP contribution >= 0.6 is 0 Å². The Balaban J connectivity index is 1.93. The molecule has 1 aliphatic heterocycles. The molecule has 15 heavy (non-hydrogen) atoms. The summed E-state index contributed by atoms with van der Waals surface area (Å²) in [6.45, 7) is 3.12. The smallest absolute Gasteiger partial charge is 0.222 e. The molecule has 2 atom stereocenters. The molecule has 0 aromatic carbocycles. The van der Waals surface area contributed by atoms with Crippen LogP contribution in [0.25, 0.3) is 0 Å². The highest BCUT2D eigenvalue weighted by molar-refractivity contribution is 5.46. The number of fused-ring (bicyclic) bond motifs is 2. The molecule has 2 fully saturated rings. The van der Waals surface area contributed by atoms with E-state index in [-0.39, 0.29) is 0 Å². The first-order chi connectivity index (χ1) is 7.22. The Morgan fingerprint density at radius 1 is 1.40 bits per heavy atom. The van der Waals surface area contributed by atoms with Crippen molar-refractivity contribution < 1.29 is 0 Å². The first kappa shape index (κ1) is 8.95. The molecule has 1 aromatic heterocycles. The van der Waals surface area contributed by atoms with Gasteiger partial charge in [0.25, 0.3) is 0 Å². The van der Waals surface area contributed by atoms with Crippen LogP contribution < -0.4 is 10.6 Å². The third kappa shape index (κ3) is 1.44. The van der Waals surface area contributed by atoms with Gasteiger partial charge in [-0.3, -0.25) is 0 Å². The van der Waals surface area contributed by atoms with E-state index in [1.807, 2.05) is 13.0 Å². The van der Waals surface area contributed by atoms with Crippen LogP contribution in [0.5, 0.6) is 0 Å². The minimum atomic E-state index is 0.396. The first-order valence-electron chi connectivity index (χ1n) is 5.60. The Morgan fingerprint density at radius 3 is 2.87 bits per heavy atom. The number of aromatic nitrogens is 2. The van der Waals surface area contributed by atoms with E-state index in [9.17, 15) is 0 Å². The van der Waals surface area contributed by atoms with Crippen LogP contribution in [0.2, 0.25) is 0 Å². The SMILES string of the molecule is Cc1cc(N2CC3CCC2C3)nc(N)n1. The standard InChI is InChI=1S/C11H16N4/c1-7-4-10(14-11(12)13-7)15-6-8-2-3-9(15)5-8/h4,8-9H,2-3,5-6H2,1H3,(H2,12,13,14). The van der Waals surface area contributed by atoms with Crippen molar-refractivity contribution in [1.82, 2.24) is 9.97 Å². The largest absolute Gasteiger partial charge is 0.368 e. The summed E-state index contributed by atoms with van der Waals surface area (Å²) in [5.41, 5.74) is 6.63. The van der Waals surface area contributed by atoms with E-state index in [2.05, 4.69) is 14.9 Å². The van der Waals surface area contributed by atoms with Crippen molar-refractivity contribution in [2.24, 2.45) is 5.92 Å². The molecule has 0 spiro atoms. The summed E-state index contributed by atoms with van der Waals surface area (Å²) in [5, 5.41) is 0. The summed E-state index contributed by atoms with van der Waals surface area (Å²) >= 11 is 0. The van der Waals surface area contributed by atoms with Crippen LogP contribution in [-0.2, 0) is 0 Å². The fourth-order valence-corrected chi connectivity index (χ4v) is 2.93. The van der Waals surface area contributed by atoms with E-state index in [1.54, 1.807) is 0 Å². The van der Waals surface area contributed by atoms with Crippen LogP contribution in [0.1, 0.15) is 25.0 Å². The highest BCUT2D eigenvalue weighted by atomic mass is 15.3. The van der Waals surface area contributed by atoms with Crippen molar-refractivity contribution >= 4 is 11.8 Å². The van der Waals surface area contributed by atoms with E-state index in [0.29, 0.717) is 12.0 Å². The van der Waals surface area contributed by atoms with Gasteiger partial charge in [-0.25, -0.2) is 4.98 Å². The minimum absolute atomic E-state index is 0.396. The Hall–Kier alpha value is -1.32. The molecule has 1 saturated carbocycles. The topological polar surface area (TPSA) is 55.0 Å². The van der Waals surface area contributed by atoms with Crippen molar-refractivity contribution in [3.05, 3.63) is 11.8 Å². The monoisotopic (exact) mass is 204 g/mol. The molecule has 2 bridgehead atoms. The average molecular weight is 204 g/mol. The molecular weight excluding hydrogens is 188 g/mol. The van der Waals surface area contributed by atoms with Gasteiger partial charge < -0.3 is 10.6 Å². The van der Waals surface area contributed by atoms with Gasteiger partial charge in [-0.2, -0.15) is 4.98 Å². The van der Waals surface area contributed by atoms with Gasteiger partial charge in [0, 0.05) is 24.3 Å². The van der Waals surface area contributed by atoms with E-state index in [0.717, 1.165) is 24.0 Å². The number of piperidine rings is 1. The molecule has 0 amide bonds. The average Bonchev–Trinajstić information content (AvgIpc) is 2.76. The van der Waals surface area contributed by atoms with Gasteiger partial charge in [0.05, 0.1) is 0 Å². The molecule has 2 unspecified atom stereocenters. The van der Waals surface area contributed by atoms with Crippen LogP contribution in [0, 0.1) is 12.8 Å². The fourth-order valence-electron chi connectivity index (χ4n) is 2.93. The van der Waals surface area contributed by atoms with Crippen LogP contribution in [-0.4, -0.2) is 22.6 Å². The maximum Gasteiger partial charge on any atom is 0.222 e. The number of anilines is 2. The predicted octanol–water partition coefficient (Wildman–Crippen LogP) is 1.36. The van der Waals surface area contributed by atoms with Gasteiger partial charge in [-0.1, -0.05) is 0 Å². The predicted molar refractivity (Wildman–Crippen MR) is 59.7 cm³/mol. The lowest BCUT2D eigenvalue weighted by molar-refractivity contribution is 0.550. The molecule has 4 heteroatoms. The van der Waals surface area contributed by atoms with Gasteiger partial charge in [0.1, 0.15) is 5.82 Å². The third-order valence-electron chi connectivity index (χ3n) is 3.56. The summed E-state index contributed by atoms with van der Waals surface area (Å²) in [5.74, 6) is 2.30. The summed E-state index contributed by atoms with van der Waals surface area (Å²) in [4.78, 5) is 10.8. The van der Waals surface area contributed by atoms with E-state index >= 15 is 0 Å². The molecule has 3 rings (SSSR count). The van der Waals surface area contributed by atoms with E-state index in [1.165, 1.54) is 19.3 Å². The van der Waals surface area contributed by atoms with Crippen LogP contribution in [0.15, 0.2) is 6.07 Å². The minimum Gasteiger partial charge on any atom is -0.368 e. The molecule has 2 aliphatic rings. The number of rotatable bonds is 1. The number of aryl methyl sites for hydroxylation is 1. The molecule has 2 N–H and O–H groups in total. The lowest BCUT2D eigenvalue weighted by Gasteiger charge is -2.28. The number of nitrogens with zero attached hydrogens (tertiary/aromatic N) is 3. The van der Waals surface area contributed by atoms with Crippen molar-refractivity contribution in [3.8, 4) is 0 Å². The quantitative estimate of drug-likeness (QED) is 0.750. The highest BCUT2D eigenvalue weighted by Gasteiger charge is 2.38. The van der Waals surface area contributed by atoms with Gasteiger partial charge in [0.2, 0.25) is 5.95 Å². The van der Waals surface area contributed by atoms with Crippen molar-refractivity contribution in [2.45, 2.75) is 32.2 Å². The highest BCUT2D eigenvalue weighted by Crippen LogP contribution is 2.39. The lowest BCUT2D eigenvalue weighted by atomic mass is 10.1. The zero-order chi connectivity index (χ0) is 10.4. The van der Waals surface area contributed by atoms with Gasteiger partial charge in [0.15, 0.2) is 0 Å². The Bertz CT molecular complexity index is 370. The molecule has 1 aromatic rings. The summed E-state index contributed by atoms with van der Waals surface area (Å²) in [6, 6.07) is 2.74. The second-order valence-corrected chi connectivity index (χ2v) is 4.71. The first-order valence-corrected chi connectivity index (χ1v) is 5.60. The molecule has 1 aliphatic carbocycles. The van der Waals surface area contributed by atoms with Crippen molar-refractivity contribution in [2.75, 3.05) is 17.2 Å². The molecule has 80 valence electrons. The molecular formula is C11H16N4. The van der Waals surface area contributed by atoms with E-state index in [4.69, 9.17) is 5.73 Å². The second-order valence-electron chi connectivity index (χ2n) is 4.71. The normalized spacial score (nSPS) is 28.7. The Labute approximate surface area is 89.5 Å². The second kappa shape index (κ2) is 3.08. The summed E-state index contributed by atoms with van der Waals surface area (Å²) in [6.07, 6.45) is 4.04. The summed E-state index contributed by atoms with van der Waals surface area (Å²) in [7, 11) is 0. The molecule has 2 heterocycles. The van der Waals surface area contributed by atoms with Gasteiger partial charge in [-0.15, -0.1) is 0 Å². The maximum atomic E-state index is 5.68. The molecule has 4 nitrogen and oxygen atoms in total. The number of hydrogen-bond donors (Lipinski definition) is 1. The number of nitrogen functional groups attached to an aromatic ring is 1. The number of nitrogens with two attached hydrogens (primary N) is 1. The Kier molecular flexibility index (Phi) is 1.84. The zero-order valence-electron chi connectivity index (χ0n) is 8.98. The number of hydrogen-bond acceptors (Lipinski definition) is 4. The van der Waals surface area contributed by atoms with Gasteiger partial charge in [-0.05, 0) is 32.1 Å². The van der Waals surface area contributed by atoms with Crippen LogP contribution in [0.4, 0.5) is 11.8 Å². The Morgan fingerprint density at radius 2 is 2.27 bits per heavy atom. The summed E-state index contributed by atoms with van der Waals surface area (Å²) < 4.78 is 0. The van der Waals surface area contributed by atoms with Gasteiger partial charge >= 0.3 is 0 Å². The third-order valence-corrected chi connectivity index (χ3v) is 3.56. The molecule has 0 radical (unpaired) electrons. The van der Waals surface area contributed by atoms with E-state index < -0.39 is 0 Å². The fraction of sp³-hybridized carbons (Fsp3) is 0.636. The van der Waals surface area contributed by atoms with Crippen molar-refractivity contribution in [3.63, 3.8) is 0 Å². The zero-order valence-corrected chi connectivity index (χ0v) is 8.98. The molecule has 1 saturated heterocycles. The lowest BCUT2D eigenvalue weighted by Crippen LogP contribution is -2.32.